The molecule has 0 spiro atoms. The minimum Gasteiger partial charge on any atom is -0.466 e. The lowest BCUT2D eigenvalue weighted by molar-refractivity contribution is -0.143. The minimum absolute atomic E-state index is 0.00858. The van der Waals surface area contributed by atoms with Gasteiger partial charge in [0.15, 0.2) is 0 Å². The van der Waals surface area contributed by atoms with Crippen molar-refractivity contribution in [3.8, 4) is 0 Å². The first-order valence-electron chi connectivity index (χ1n) is 36.9. The van der Waals surface area contributed by atoms with Crippen molar-refractivity contribution in [1.29, 1.82) is 0 Å². The van der Waals surface area contributed by atoms with Crippen LogP contribution in [0, 0.1) is 0 Å². The summed E-state index contributed by atoms with van der Waals surface area (Å²) in [4.78, 5) is 24.6. The highest BCUT2D eigenvalue weighted by atomic mass is 16.5. The standard InChI is InChI=1S/C76H143NO5/c1-3-5-7-9-11-13-15-17-19-21-33-38-42-46-50-54-58-62-66-70-76(81)82-71-67-63-59-55-51-47-43-39-35-32-30-28-26-24-22-23-25-27-29-31-34-37-41-45-49-53-57-61-65-69-75(80)77-73(72-78)74(79)68-64-60-56-52-48-44-40-36-20-18-16-14-12-10-8-6-4-2/h11,13,17,19,22,24,28,30,73-74,78-79H,3-10,12,14-16,18,20-21,23,25-27,29,31-72H2,1-2H3,(H,77,80)/b13-11-,19-17-,24-22-,30-28-. The van der Waals surface area contributed by atoms with Gasteiger partial charge < -0.3 is 20.3 Å². The lowest BCUT2D eigenvalue weighted by atomic mass is 10.0. The molecule has 0 radical (unpaired) electrons. The molecule has 0 aromatic heterocycles. The Hall–Kier alpha value is -2.18. The van der Waals surface area contributed by atoms with Crippen LogP contribution in [0.25, 0.3) is 0 Å². The van der Waals surface area contributed by atoms with Gasteiger partial charge >= 0.3 is 5.97 Å². The summed E-state index contributed by atoms with van der Waals surface area (Å²) < 4.78 is 5.50. The molecule has 0 aliphatic heterocycles. The number of hydrogen-bond donors (Lipinski definition) is 3. The van der Waals surface area contributed by atoms with Crippen LogP contribution in [0.1, 0.15) is 399 Å². The molecule has 0 aliphatic carbocycles. The van der Waals surface area contributed by atoms with Crippen LogP contribution in [0.2, 0.25) is 0 Å². The number of carbonyl (C=O) groups is 2. The molecule has 0 aliphatic rings. The second kappa shape index (κ2) is 71.3. The molecule has 0 fully saturated rings. The first-order chi connectivity index (χ1) is 40.5. The van der Waals surface area contributed by atoms with Gasteiger partial charge in [-0.1, -0.05) is 345 Å². The summed E-state index contributed by atoms with van der Waals surface area (Å²) in [6.45, 7) is 4.95. The molecule has 6 nitrogen and oxygen atoms in total. The predicted octanol–water partition coefficient (Wildman–Crippen LogP) is 24.0. The van der Waals surface area contributed by atoms with E-state index in [9.17, 15) is 19.8 Å². The van der Waals surface area contributed by atoms with Crippen molar-refractivity contribution in [2.24, 2.45) is 0 Å². The zero-order chi connectivity index (χ0) is 59.2. The quantitative estimate of drug-likeness (QED) is 0.0320. The molecule has 0 bridgehead atoms. The lowest BCUT2D eigenvalue weighted by Crippen LogP contribution is -2.45. The Morgan fingerprint density at radius 2 is 0.610 bits per heavy atom. The molecule has 482 valence electrons. The lowest BCUT2D eigenvalue weighted by Gasteiger charge is -2.22. The van der Waals surface area contributed by atoms with Crippen LogP contribution < -0.4 is 5.32 Å². The molecule has 6 heteroatoms. The first kappa shape index (κ1) is 79.8. The van der Waals surface area contributed by atoms with Crippen LogP contribution in [0.5, 0.6) is 0 Å². The Morgan fingerprint density at radius 1 is 0.341 bits per heavy atom. The Bertz CT molecular complexity index is 1370. The summed E-state index contributed by atoms with van der Waals surface area (Å²) >= 11 is 0. The van der Waals surface area contributed by atoms with E-state index < -0.39 is 12.1 Å². The molecule has 1 amide bonds. The number of allylic oxidation sites excluding steroid dienone is 8. The molecule has 0 rings (SSSR count). The van der Waals surface area contributed by atoms with Gasteiger partial charge in [0.25, 0.3) is 0 Å². The summed E-state index contributed by atoms with van der Waals surface area (Å²) in [6, 6.07) is -0.543. The number of esters is 1. The van der Waals surface area contributed by atoms with Crippen LogP contribution >= 0.6 is 0 Å². The molecule has 82 heavy (non-hydrogen) atoms. The number of ether oxygens (including phenoxy) is 1. The monoisotopic (exact) mass is 1150 g/mol. The maximum Gasteiger partial charge on any atom is 0.305 e. The third-order valence-electron chi connectivity index (χ3n) is 17.1. The normalized spacial score (nSPS) is 12.8. The Morgan fingerprint density at radius 3 is 0.951 bits per heavy atom. The van der Waals surface area contributed by atoms with E-state index in [1.807, 2.05) is 0 Å². The third-order valence-corrected chi connectivity index (χ3v) is 17.1. The summed E-state index contributed by atoms with van der Waals surface area (Å²) in [7, 11) is 0. The van der Waals surface area contributed by atoms with Crippen LogP contribution in [0.4, 0.5) is 0 Å². The van der Waals surface area contributed by atoms with Crippen molar-refractivity contribution in [2.45, 2.75) is 411 Å². The van der Waals surface area contributed by atoms with E-state index in [1.54, 1.807) is 0 Å². The van der Waals surface area contributed by atoms with Crippen molar-refractivity contribution >= 4 is 11.9 Å². The molecule has 3 N–H and O–H groups in total. The average molecular weight is 1150 g/mol. The van der Waals surface area contributed by atoms with E-state index in [-0.39, 0.29) is 18.5 Å². The Kier molecular flexibility index (Phi) is 69.4. The van der Waals surface area contributed by atoms with Crippen molar-refractivity contribution in [3.05, 3.63) is 48.6 Å². The van der Waals surface area contributed by atoms with E-state index in [2.05, 4.69) is 67.8 Å². The van der Waals surface area contributed by atoms with Gasteiger partial charge in [-0.2, -0.15) is 0 Å². The van der Waals surface area contributed by atoms with Gasteiger partial charge in [-0.3, -0.25) is 9.59 Å². The SMILES string of the molecule is CCCCC/C=C\C/C=C\CCCCCCCCCCCC(=O)OCCCCCCCCCCC/C=C\C/C=C\CCCCCCCCCCCCCCCC(=O)NC(CO)C(O)CCCCCCCCCCCCCCCCCCC. The molecule has 0 heterocycles. The number of hydrogen-bond acceptors (Lipinski definition) is 5. The van der Waals surface area contributed by atoms with E-state index in [4.69, 9.17) is 4.74 Å². The van der Waals surface area contributed by atoms with Gasteiger partial charge in [0.1, 0.15) is 0 Å². The fourth-order valence-electron chi connectivity index (χ4n) is 11.5. The number of amides is 1. The molecular formula is C76H143NO5. The van der Waals surface area contributed by atoms with Crippen molar-refractivity contribution < 1.29 is 24.5 Å². The Labute approximate surface area is 512 Å². The molecule has 2 unspecified atom stereocenters. The van der Waals surface area contributed by atoms with Crippen LogP contribution in [0.3, 0.4) is 0 Å². The smallest absolute Gasteiger partial charge is 0.305 e. The molecule has 0 aromatic carbocycles. The number of nitrogens with one attached hydrogen (secondary N) is 1. The number of aliphatic hydroxyl groups is 2. The summed E-state index contributed by atoms with van der Waals surface area (Å²) in [5, 5.41) is 23.4. The van der Waals surface area contributed by atoms with Crippen molar-refractivity contribution in [2.75, 3.05) is 13.2 Å². The van der Waals surface area contributed by atoms with E-state index >= 15 is 0 Å². The van der Waals surface area contributed by atoms with Gasteiger partial charge in [0.05, 0.1) is 25.4 Å². The van der Waals surface area contributed by atoms with Gasteiger partial charge in [-0.05, 0) is 89.9 Å². The van der Waals surface area contributed by atoms with Gasteiger partial charge in [-0.25, -0.2) is 0 Å². The summed E-state index contributed by atoms with van der Waals surface area (Å²) in [6.07, 6.45) is 93.1. The van der Waals surface area contributed by atoms with Gasteiger partial charge in [0, 0.05) is 12.8 Å². The highest BCUT2D eigenvalue weighted by molar-refractivity contribution is 5.76. The maximum atomic E-state index is 12.5. The zero-order valence-electron chi connectivity index (χ0n) is 55.2. The molecule has 0 saturated heterocycles. The molecular weight excluding hydrogens is 1010 g/mol. The number of carbonyl (C=O) groups excluding carboxylic acids is 2. The highest BCUT2D eigenvalue weighted by Crippen LogP contribution is 2.19. The van der Waals surface area contributed by atoms with E-state index in [0.717, 1.165) is 57.8 Å². The second-order valence-corrected chi connectivity index (χ2v) is 25.3. The summed E-state index contributed by atoms with van der Waals surface area (Å²) in [5.41, 5.74) is 0. The van der Waals surface area contributed by atoms with Crippen LogP contribution in [-0.2, 0) is 14.3 Å². The fraction of sp³-hybridized carbons (Fsp3) is 0.868. The summed E-state index contributed by atoms with van der Waals surface area (Å²) in [5.74, 6) is -0.0245. The maximum absolute atomic E-state index is 12.5. The molecule has 2 atom stereocenters. The first-order valence-corrected chi connectivity index (χ1v) is 36.9. The number of unbranched alkanes of at least 4 members (excludes halogenated alkanes) is 50. The van der Waals surface area contributed by atoms with Crippen molar-refractivity contribution in [1.82, 2.24) is 5.32 Å². The molecule has 0 aromatic rings. The van der Waals surface area contributed by atoms with Gasteiger partial charge in [-0.15, -0.1) is 0 Å². The van der Waals surface area contributed by atoms with Gasteiger partial charge in [0.2, 0.25) is 5.91 Å². The third kappa shape index (κ3) is 67.0. The van der Waals surface area contributed by atoms with Crippen LogP contribution in [-0.4, -0.2) is 47.4 Å². The topological polar surface area (TPSA) is 95.9 Å². The van der Waals surface area contributed by atoms with Crippen LogP contribution in [0.15, 0.2) is 48.6 Å². The highest BCUT2D eigenvalue weighted by Gasteiger charge is 2.20. The average Bonchev–Trinajstić information content (AvgIpc) is 3.48. The zero-order valence-corrected chi connectivity index (χ0v) is 55.2. The van der Waals surface area contributed by atoms with E-state index in [0.29, 0.717) is 25.9 Å². The number of aliphatic hydroxyl groups excluding tert-OH is 2. The van der Waals surface area contributed by atoms with Crippen molar-refractivity contribution in [3.63, 3.8) is 0 Å². The minimum atomic E-state index is -0.666. The fourth-order valence-corrected chi connectivity index (χ4v) is 11.5. The number of rotatable bonds is 69. The molecule has 0 saturated carbocycles. The van der Waals surface area contributed by atoms with E-state index in [1.165, 1.54) is 308 Å². The predicted molar refractivity (Wildman–Crippen MR) is 361 cm³/mol. The largest absolute Gasteiger partial charge is 0.466 e. The Balaban J connectivity index is 3.40. The second-order valence-electron chi connectivity index (χ2n) is 25.3.